The van der Waals surface area contributed by atoms with Crippen LogP contribution in [0.25, 0.3) is 10.9 Å². The number of hydrogen-bond donors (Lipinski definition) is 2. The third kappa shape index (κ3) is 4.50. The number of likely N-dealkylation sites (tertiary alicyclic amines) is 1. The van der Waals surface area contributed by atoms with Crippen LogP contribution in [0.15, 0.2) is 24.4 Å². The molecule has 2 aliphatic rings. The molecule has 0 unspecified atom stereocenters. The first-order valence-corrected chi connectivity index (χ1v) is 12.7. The van der Waals surface area contributed by atoms with Gasteiger partial charge in [-0.15, -0.1) is 11.3 Å². The van der Waals surface area contributed by atoms with Crippen LogP contribution < -0.4 is 10.1 Å². The zero-order chi connectivity index (χ0) is 22.8. The average molecular weight is 463 g/mol. The van der Waals surface area contributed by atoms with E-state index in [0.717, 1.165) is 68.0 Å². The lowest BCUT2D eigenvalue weighted by Gasteiger charge is -2.31. The summed E-state index contributed by atoms with van der Waals surface area (Å²) in [6, 6.07) is 8.51. The van der Waals surface area contributed by atoms with Crippen molar-refractivity contribution in [2.45, 2.75) is 50.9 Å². The molecular formula is C26H30N4O2S. The van der Waals surface area contributed by atoms with Crippen molar-refractivity contribution in [1.29, 1.82) is 5.26 Å². The summed E-state index contributed by atoms with van der Waals surface area (Å²) in [6.45, 7) is 2.74. The van der Waals surface area contributed by atoms with Gasteiger partial charge >= 0.3 is 0 Å². The number of aromatic nitrogens is 1. The predicted molar refractivity (Wildman–Crippen MR) is 132 cm³/mol. The Balaban J connectivity index is 1.15. The standard InChI is InChI=1S/C26H30N4O2S/c1-32-18-6-7-23-20(14-18)22(16-28-23)17-8-11-30(12-9-17)13-10-25(31)29-26-21(15-27)19-4-2-3-5-24(19)33-26/h6-7,14,16-17,28H,2-5,8-13H2,1H3,(H,29,31). The summed E-state index contributed by atoms with van der Waals surface area (Å²) in [6.07, 6.45) is 9.07. The van der Waals surface area contributed by atoms with Gasteiger partial charge in [0.1, 0.15) is 16.8 Å². The van der Waals surface area contributed by atoms with E-state index < -0.39 is 0 Å². The van der Waals surface area contributed by atoms with Gasteiger partial charge in [-0.3, -0.25) is 4.79 Å². The van der Waals surface area contributed by atoms with E-state index in [4.69, 9.17) is 4.74 Å². The van der Waals surface area contributed by atoms with Crippen LogP contribution in [0.1, 0.15) is 59.6 Å². The van der Waals surface area contributed by atoms with Crippen molar-refractivity contribution in [3.05, 3.63) is 46.0 Å². The number of piperidine rings is 1. The van der Waals surface area contributed by atoms with Crippen LogP contribution >= 0.6 is 11.3 Å². The highest BCUT2D eigenvalue weighted by molar-refractivity contribution is 7.16. The smallest absolute Gasteiger partial charge is 0.226 e. The lowest BCUT2D eigenvalue weighted by atomic mass is 9.89. The minimum atomic E-state index is 0.0101. The molecule has 0 saturated carbocycles. The molecule has 172 valence electrons. The van der Waals surface area contributed by atoms with Gasteiger partial charge in [0, 0.05) is 34.9 Å². The number of ether oxygens (including phenoxy) is 1. The number of anilines is 1. The molecule has 33 heavy (non-hydrogen) atoms. The molecular weight excluding hydrogens is 432 g/mol. The van der Waals surface area contributed by atoms with Gasteiger partial charge in [0.15, 0.2) is 0 Å². The molecule has 0 radical (unpaired) electrons. The number of H-pyrrole nitrogens is 1. The SMILES string of the molecule is COc1ccc2[nH]cc(C3CCN(CCC(=O)Nc4sc5c(c4C#N)CCCC5)CC3)c2c1. The first-order valence-electron chi connectivity index (χ1n) is 11.9. The minimum absolute atomic E-state index is 0.0101. The molecule has 1 saturated heterocycles. The quantitative estimate of drug-likeness (QED) is 0.528. The van der Waals surface area contributed by atoms with E-state index in [9.17, 15) is 10.1 Å². The fourth-order valence-electron chi connectivity index (χ4n) is 5.27. The molecule has 3 aromatic rings. The molecule has 1 aliphatic carbocycles. The lowest BCUT2D eigenvalue weighted by molar-refractivity contribution is -0.116. The highest BCUT2D eigenvalue weighted by Crippen LogP contribution is 2.38. The Labute approximate surface area is 198 Å². The van der Waals surface area contributed by atoms with Crippen molar-refractivity contribution in [2.75, 3.05) is 32.1 Å². The number of amides is 1. The molecule has 0 atom stereocenters. The summed E-state index contributed by atoms with van der Waals surface area (Å²) >= 11 is 1.60. The van der Waals surface area contributed by atoms with Crippen LogP contribution in [0.4, 0.5) is 5.00 Å². The Morgan fingerprint density at radius 2 is 2.12 bits per heavy atom. The fraction of sp³-hybridized carbons (Fsp3) is 0.462. The fourth-order valence-corrected chi connectivity index (χ4v) is 6.53. The number of fused-ring (bicyclic) bond motifs is 2. The van der Waals surface area contributed by atoms with E-state index in [1.165, 1.54) is 27.8 Å². The third-order valence-electron chi connectivity index (χ3n) is 7.14. The maximum atomic E-state index is 12.6. The lowest BCUT2D eigenvalue weighted by Crippen LogP contribution is -2.35. The van der Waals surface area contributed by atoms with Gasteiger partial charge in [0.05, 0.1) is 12.7 Å². The molecule has 5 rings (SSSR count). The summed E-state index contributed by atoms with van der Waals surface area (Å²) in [4.78, 5) is 19.7. The van der Waals surface area contributed by atoms with Gasteiger partial charge in [0.2, 0.25) is 5.91 Å². The number of rotatable bonds is 6. The number of methoxy groups -OCH3 is 1. The van der Waals surface area contributed by atoms with Crippen molar-refractivity contribution < 1.29 is 9.53 Å². The molecule has 1 aromatic carbocycles. The van der Waals surface area contributed by atoms with Gasteiger partial charge in [-0.1, -0.05) is 0 Å². The Morgan fingerprint density at radius 1 is 1.30 bits per heavy atom. The Kier molecular flexibility index (Phi) is 6.39. The molecule has 6 nitrogen and oxygen atoms in total. The third-order valence-corrected chi connectivity index (χ3v) is 8.35. The van der Waals surface area contributed by atoms with Gasteiger partial charge in [-0.05, 0) is 86.9 Å². The van der Waals surface area contributed by atoms with Crippen molar-refractivity contribution in [3.8, 4) is 11.8 Å². The summed E-state index contributed by atoms with van der Waals surface area (Å²) in [5.74, 6) is 1.42. The first kappa shape index (κ1) is 22.0. The highest BCUT2D eigenvalue weighted by Gasteiger charge is 2.24. The van der Waals surface area contributed by atoms with Crippen molar-refractivity contribution in [2.24, 2.45) is 0 Å². The average Bonchev–Trinajstić information content (AvgIpc) is 3.43. The molecule has 2 N–H and O–H groups in total. The van der Waals surface area contributed by atoms with E-state index in [1.807, 2.05) is 6.07 Å². The second-order valence-corrected chi connectivity index (χ2v) is 10.2. The second-order valence-electron chi connectivity index (χ2n) is 9.10. The molecule has 7 heteroatoms. The summed E-state index contributed by atoms with van der Waals surface area (Å²) in [5.41, 5.74) is 4.38. The summed E-state index contributed by atoms with van der Waals surface area (Å²) in [7, 11) is 1.70. The van der Waals surface area contributed by atoms with E-state index in [-0.39, 0.29) is 5.91 Å². The molecule has 0 bridgehead atoms. The van der Waals surface area contributed by atoms with Crippen LogP contribution in [0.2, 0.25) is 0 Å². The molecule has 1 amide bonds. The van der Waals surface area contributed by atoms with Crippen LogP contribution in [0, 0.1) is 11.3 Å². The number of nitrogens with one attached hydrogen (secondary N) is 2. The van der Waals surface area contributed by atoms with E-state index in [0.29, 0.717) is 17.9 Å². The number of carbonyl (C=O) groups excluding carboxylic acids is 1. The zero-order valence-corrected chi connectivity index (χ0v) is 19.9. The van der Waals surface area contributed by atoms with Crippen LogP contribution in [-0.2, 0) is 17.6 Å². The molecule has 1 fully saturated rings. The Morgan fingerprint density at radius 3 is 2.91 bits per heavy atom. The molecule has 1 aliphatic heterocycles. The molecule has 2 aromatic heterocycles. The zero-order valence-electron chi connectivity index (χ0n) is 19.1. The van der Waals surface area contributed by atoms with Gasteiger partial charge in [-0.25, -0.2) is 0 Å². The largest absolute Gasteiger partial charge is 0.497 e. The van der Waals surface area contributed by atoms with E-state index >= 15 is 0 Å². The van der Waals surface area contributed by atoms with E-state index in [1.54, 1.807) is 18.4 Å². The second kappa shape index (κ2) is 9.58. The summed E-state index contributed by atoms with van der Waals surface area (Å²) in [5, 5.41) is 14.6. The predicted octanol–water partition coefficient (Wildman–Crippen LogP) is 5.20. The Hall–Kier alpha value is -2.82. The number of nitrogens with zero attached hydrogens (tertiary/aromatic N) is 2. The maximum absolute atomic E-state index is 12.6. The number of thiophene rings is 1. The summed E-state index contributed by atoms with van der Waals surface area (Å²) < 4.78 is 5.41. The number of hydrogen-bond acceptors (Lipinski definition) is 5. The number of carbonyl (C=O) groups is 1. The number of benzene rings is 1. The number of nitriles is 1. The van der Waals surface area contributed by atoms with Gasteiger partial charge in [-0.2, -0.15) is 5.26 Å². The van der Waals surface area contributed by atoms with Gasteiger partial charge < -0.3 is 19.9 Å². The van der Waals surface area contributed by atoms with Gasteiger partial charge in [0.25, 0.3) is 0 Å². The normalized spacial score (nSPS) is 17.0. The maximum Gasteiger partial charge on any atom is 0.226 e. The highest BCUT2D eigenvalue weighted by atomic mass is 32.1. The Bertz CT molecular complexity index is 1200. The number of aryl methyl sites for hydroxylation is 1. The van der Waals surface area contributed by atoms with E-state index in [2.05, 4.69) is 39.6 Å². The van der Waals surface area contributed by atoms with Crippen LogP contribution in [0.3, 0.4) is 0 Å². The first-order chi connectivity index (χ1) is 16.2. The number of aromatic amines is 1. The van der Waals surface area contributed by atoms with Crippen molar-refractivity contribution in [1.82, 2.24) is 9.88 Å². The van der Waals surface area contributed by atoms with Crippen molar-refractivity contribution in [3.63, 3.8) is 0 Å². The monoisotopic (exact) mass is 462 g/mol. The minimum Gasteiger partial charge on any atom is -0.497 e. The molecule has 3 heterocycles. The topological polar surface area (TPSA) is 81.2 Å². The van der Waals surface area contributed by atoms with Crippen LogP contribution in [0.5, 0.6) is 5.75 Å². The van der Waals surface area contributed by atoms with Crippen LogP contribution in [-0.4, -0.2) is 42.5 Å². The molecule has 0 spiro atoms. The van der Waals surface area contributed by atoms with Crippen molar-refractivity contribution >= 4 is 33.1 Å².